The average Bonchev–Trinajstić information content (AvgIpc) is 2.42. The van der Waals surface area contributed by atoms with Crippen LogP contribution in [0.25, 0.3) is 0 Å². The number of piperidine rings is 1. The van der Waals surface area contributed by atoms with E-state index >= 15 is 0 Å². The number of pyridine rings is 1. The molecule has 0 spiro atoms. The molecule has 19 heavy (non-hydrogen) atoms. The normalized spacial score (nSPS) is 23.2. The summed E-state index contributed by atoms with van der Waals surface area (Å²) in [5.41, 5.74) is 7.61. The van der Waals surface area contributed by atoms with Gasteiger partial charge in [0.25, 0.3) is 5.91 Å². The van der Waals surface area contributed by atoms with Gasteiger partial charge in [-0.25, -0.2) is 0 Å². The van der Waals surface area contributed by atoms with Crippen molar-refractivity contribution in [3.63, 3.8) is 0 Å². The van der Waals surface area contributed by atoms with Gasteiger partial charge < -0.3 is 16.0 Å². The summed E-state index contributed by atoms with van der Waals surface area (Å²) >= 11 is 0. The van der Waals surface area contributed by atoms with Crippen LogP contribution in [0, 0.1) is 5.92 Å². The van der Waals surface area contributed by atoms with Crippen molar-refractivity contribution in [1.29, 1.82) is 0 Å². The number of nitrogens with zero attached hydrogens (tertiary/aromatic N) is 2. The van der Waals surface area contributed by atoms with Crippen LogP contribution in [0.5, 0.6) is 0 Å². The molecule has 1 amide bonds. The molecule has 0 aliphatic carbocycles. The first-order chi connectivity index (χ1) is 9.11. The molecule has 2 unspecified atom stereocenters. The molecule has 0 radical (unpaired) electrons. The van der Waals surface area contributed by atoms with Gasteiger partial charge in [0, 0.05) is 37.6 Å². The van der Waals surface area contributed by atoms with Crippen molar-refractivity contribution in [2.24, 2.45) is 11.7 Å². The molecule has 1 aliphatic heterocycles. The number of nitrogens with one attached hydrogen (secondary N) is 1. The first-order valence-corrected chi connectivity index (χ1v) is 6.86. The summed E-state index contributed by atoms with van der Waals surface area (Å²) in [7, 11) is 0. The molecule has 2 rings (SSSR count). The fourth-order valence-electron chi connectivity index (χ4n) is 2.33. The van der Waals surface area contributed by atoms with Gasteiger partial charge in [-0.05, 0) is 31.4 Å². The van der Waals surface area contributed by atoms with E-state index in [-0.39, 0.29) is 11.9 Å². The molecular formula is C14H22N4O. The Morgan fingerprint density at radius 2 is 2.42 bits per heavy atom. The lowest BCUT2D eigenvalue weighted by molar-refractivity contribution is 0.0951. The fourth-order valence-corrected chi connectivity index (χ4v) is 2.33. The highest BCUT2D eigenvalue weighted by atomic mass is 16.1. The second-order valence-corrected chi connectivity index (χ2v) is 5.13. The molecule has 1 saturated heterocycles. The summed E-state index contributed by atoms with van der Waals surface area (Å²) in [6.07, 6.45) is 2.77. The number of aromatic nitrogens is 1. The standard InChI is InChI=1S/C14H22N4O/c1-3-16-14(19)13-8-11(4-6-17-13)18-7-5-10(2)12(15)9-18/h4,6,8,10,12H,3,5,7,9,15H2,1-2H3,(H,16,19). The van der Waals surface area contributed by atoms with Crippen LogP contribution in [0.15, 0.2) is 18.3 Å². The zero-order valence-corrected chi connectivity index (χ0v) is 11.6. The largest absolute Gasteiger partial charge is 0.370 e. The highest BCUT2D eigenvalue weighted by Crippen LogP contribution is 2.22. The SMILES string of the molecule is CCNC(=O)c1cc(N2CCC(C)C(N)C2)ccn1. The minimum absolute atomic E-state index is 0.126. The summed E-state index contributed by atoms with van der Waals surface area (Å²) in [4.78, 5) is 18.1. The Kier molecular flexibility index (Phi) is 4.37. The molecule has 5 heteroatoms. The molecule has 2 heterocycles. The van der Waals surface area contributed by atoms with E-state index in [0.29, 0.717) is 18.2 Å². The summed E-state index contributed by atoms with van der Waals surface area (Å²) in [5.74, 6) is 0.431. The van der Waals surface area contributed by atoms with Gasteiger partial charge in [0.05, 0.1) is 0 Å². The van der Waals surface area contributed by atoms with E-state index in [1.54, 1.807) is 6.20 Å². The van der Waals surface area contributed by atoms with Crippen molar-refractivity contribution in [3.8, 4) is 0 Å². The van der Waals surface area contributed by atoms with E-state index in [1.807, 2.05) is 19.1 Å². The Morgan fingerprint density at radius 3 is 3.11 bits per heavy atom. The van der Waals surface area contributed by atoms with E-state index in [2.05, 4.69) is 22.1 Å². The molecule has 0 saturated carbocycles. The van der Waals surface area contributed by atoms with Gasteiger partial charge in [0.15, 0.2) is 0 Å². The van der Waals surface area contributed by atoms with Crippen molar-refractivity contribution < 1.29 is 4.79 Å². The van der Waals surface area contributed by atoms with E-state index in [9.17, 15) is 4.79 Å². The lowest BCUT2D eigenvalue weighted by Gasteiger charge is -2.36. The van der Waals surface area contributed by atoms with Gasteiger partial charge in [0.2, 0.25) is 0 Å². The van der Waals surface area contributed by atoms with Gasteiger partial charge in [-0.15, -0.1) is 0 Å². The lowest BCUT2D eigenvalue weighted by atomic mass is 9.94. The number of rotatable bonds is 3. The minimum Gasteiger partial charge on any atom is -0.370 e. The van der Waals surface area contributed by atoms with E-state index in [4.69, 9.17) is 5.73 Å². The summed E-state index contributed by atoms with van der Waals surface area (Å²) < 4.78 is 0. The number of hydrogen-bond acceptors (Lipinski definition) is 4. The highest BCUT2D eigenvalue weighted by Gasteiger charge is 2.23. The smallest absolute Gasteiger partial charge is 0.269 e. The van der Waals surface area contributed by atoms with Crippen LogP contribution in [-0.2, 0) is 0 Å². The van der Waals surface area contributed by atoms with Gasteiger partial charge >= 0.3 is 0 Å². The Labute approximate surface area is 114 Å². The Bertz CT molecular complexity index is 449. The van der Waals surface area contributed by atoms with Crippen LogP contribution >= 0.6 is 0 Å². The van der Waals surface area contributed by atoms with Crippen LogP contribution in [0.1, 0.15) is 30.8 Å². The molecule has 1 aromatic rings. The lowest BCUT2D eigenvalue weighted by Crippen LogP contribution is -2.47. The molecule has 1 aliphatic rings. The van der Waals surface area contributed by atoms with Crippen molar-refractivity contribution in [3.05, 3.63) is 24.0 Å². The van der Waals surface area contributed by atoms with Crippen molar-refractivity contribution in [2.45, 2.75) is 26.3 Å². The number of anilines is 1. The highest BCUT2D eigenvalue weighted by molar-refractivity contribution is 5.93. The fraction of sp³-hybridized carbons (Fsp3) is 0.571. The predicted octanol–water partition coefficient (Wildman–Crippen LogP) is 1.00. The first-order valence-electron chi connectivity index (χ1n) is 6.86. The molecule has 1 fully saturated rings. The van der Waals surface area contributed by atoms with Crippen molar-refractivity contribution >= 4 is 11.6 Å². The molecule has 2 atom stereocenters. The number of carbonyl (C=O) groups is 1. The van der Waals surface area contributed by atoms with Crippen molar-refractivity contribution in [1.82, 2.24) is 10.3 Å². The van der Waals surface area contributed by atoms with Crippen LogP contribution in [0.4, 0.5) is 5.69 Å². The molecule has 5 nitrogen and oxygen atoms in total. The topological polar surface area (TPSA) is 71.2 Å². The van der Waals surface area contributed by atoms with E-state index in [0.717, 1.165) is 25.2 Å². The third-order valence-electron chi connectivity index (χ3n) is 3.70. The summed E-state index contributed by atoms with van der Waals surface area (Å²) in [6.45, 7) is 6.51. The minimum atomic E-state index is -0.126. The van der Waals surface area contributed by atoms with Crippen LogP contribution in [-0.4, -0.2) is 36.6 Å². The average molecular weight is 262 g/mol. The van der Waals surface area contributed by atoms with E-state index in [1.165, 1.54) is 0 Å². The number of amides is 1. The Morgan fingerprint density at radius 1 is 1.63 bits per heavy atom. The number of hydrogen-bond donors (Lipinski definition) is 2. The molecule has 104 valence electrons. The van der Waals surface area contributed by atoms with Gasteiger partial charge in [-0.2, -0.15) is 0 Å². The van der Waals surface area contributed by atoms with Gasteiger partial charge in [0.1, 0.15) is 5.69 Å². The maximum Gasteiger partial charge on any atom is 0.269 e. The monoisotopic (exact) mass is 262 g/mol. The Balaban J connectivity index is 2.12. The maximum atomic E-state index is 11.8. The predicted molar refractivity (Wildman–Crippen MR) is 76.2 cm³/mol. The van der Waals surface area contributed by atoms with E-state index < -0.39 is 0 Å². The maximum absolute atomic E-state index is 11.8. The van der Waals surface area contributed by atoms with Gasteiger partial charge in [-0.1, -0.05) is 6.92 Å². The molecule has 0 aromatic carbocycles. The van der Waals surface area contributed by atoms with Crippen LogP contribution in [0.2, 0.25) is 0 Å². The zero-order valence-electron chi connectivity index (χ0n) is 11.6. The summed E-state index contributed by atoms with van der Waals surface area (Å²) in [5, 5.41) is 2.76. The zero-order chi connectivity index (χ0) is 13.8. The molecular weight excluding hydrogens is 240 g/mol. The second kappa shape index (κ2) is 6.02. The number of carbonyl (C=O) groups excluding carboxylic acids is 1. The Hall–Kier alpha value is -1.62. The van der Waals surface area contributed by atoms with Crippen LogP contribution < -0.4 is 16.0 Å². The molecule has 1 aromatic heterocycles. The van der Waals surface area contributed by atoms with Crippen molar-refractivity contribution in [2.75, 3.05) is 24.5 Å². The number of nitrogens with two attached hydrogens (primary N) is 1. The second-order valence-electron chi connectivity index (χ2n) is 5.13. The third-order valence-corrected chi connectivity index (χ3v) is 3.70. The van der Waals surface area contributed by atoms with Gasteiger partial charge in [-0.3, -0.25) is 9.78 Å². The third kappa shape index (κ3) is 3.23. The van der Waals surface area contributed by atoms with Crippen LogP contribution in [0.3, 0.4) is 0 Å². The molecule has 3 N–H and O–H groups in total. The quantitative estimate of drug-likeness (QED) is 0.852. The first kappa shape index (κ1) is 13.8. The molecule has 0 bridgehead atoms. The summed E-state index contributed by atoms with van der Waals surface area (Å²) in [6, 6.07) is 3.97.